The zero-order valence-electron chi connectivity index (χ0n) is 19.6. The van der Waals surface area contributed by atoms with Gasteiger partial charge in [-0.05, 0) is 31.3 Å². The molecule has 2 aliphatic heterocycles. The number of rotatable bonds is 11. The van der Waals surface area contributed by atoms with Crippen molar-refractivity contribution in [1.29, 1.82) is 0 Å². The summed E-state index contributed by atoms with van der Waals surface area (Å²) in [6, 6.07) is -0.942. The number of thioether (sulfide) groups is 2. The van der Waals surface area contributed by atoms with Crippen LogP contribution in [0.1, 0.15) is 31.4 Å². The molecule has 2 aromatic heterocycles. The molecule has 1 unspecified atom stereocenters. The quantitative estimate of drug-likeness (QED) is 0.113. The lowest BCUT2D eigenvalue weighted by atomic mass is 10.0. The number of thiazole rings is 1. The molecule has 3 amide bonds. The molecular weight excluding hydrogens is 575 g/mol. The zero-order valence-corrected chi connectivity index (χ0v) is 22.8. The van der Waals surface area contributed by atoms with Crippen LogP contribution >= 0.6 is 46.2 Å². The number of carbonyl (C=O) groups is 4. The Hall–Kier alpha value is -3.02. The number of nitrogens with one attached hydrogen (secondary N) is 2. The predicted octanol–water partition coefficient (Wildman–Crippen LogP) is 1.76. The van der Waals surface area contributed by atoms with Crippen LogP contribution in [0.5, 0.6) is 0 Å². The average molecular weight is 596 g/mol. The fourth-order valence-corrected chi connectivity index (χ4v) is 7.83. The van der Waals surface area contributed by atoms with Gasteiger partial charge in [-0.3, -0.25) is 19.3 Å². The van der Waals surface area contributed by atoms with Crippen molar-refractivity contribution in [2.75, 3.05) is 16.8 Å². The van der Waals surface area contributed by atoms with Gasteiger partial charge in [-0.15, -0.1) is 33.3 Å². The summed E-state index contributed by atoms with van der Waals surface area (Å²) in [5.74, 6) is -1.67. The zero-order chi connectivity index (χ0) is 26.6. The lowest BCUT2D eigenvalue weighted by Gasteiger charge is -2.49. The molecule has 0 radical (unpaired) electrons. The molecule has 5 rings (SSSR count). The lowest BCUT2D eigenvalue weighted by Crippen LogP contribution is -2.71. The largest absolute Gasteiger partial charge is 0.477 e. The number of fused-ring (bicyclic) bond motifs is 1. The van der Waals surface area contributed by atoms with Gasteiger partial charge in [0.15, 0.2) is 15.2 Å². The number of carboxylic acid groups (broad SMARTS) is 1. The maximum Gasteiger partial charge on any atom is 0.352 e. The van der Waals surface area contributed by atoms with E-state index in [0.717, 1.165) is 37.0 Å². The highest BCUT2D eigenvalue weighted by Crippen LogP contribution is 2.41. The molecule has 13 nitrogen and oxygen atoms in total. The first kappa shape index (κ1) is 26.6. The highest BCUT2D eigenvalue weighted by atomic mass is 32.2. The van der Waals surface area contributed by atoms with Crippen LogP contribution in [0.2, 0.25) is 0 Å². The lowest BCUT2D eigenvalue weighted by molar-refractivity contribution is -0.150. The van der Waals surface area contributed by atoms with Crippen LogP contribution in [0, 0.1) is 0 Å². The van der Waals surface area contributed by atoms with Crippen molar-refractivity contribution < 1.29 is 29.1 Å². The van der Waals surface area contributed by atoms with Crippen molar-refractivity contribution in [3.05, 3.63) is 27.9 Å². The number of β-lactam (4-membered cyclic amide) rings is 1. The third-order valence-electron chi connectivity index (χ3n) is 5.99. The van der Waals surface area contributed by atoms with Crippen LogP contribution in [0.4, 0.5) is 5.13 Å². The van der Waals surface area contributed by atoms with Crippen LogP contribution in [-0.2, 0) is 24.0 Å². The molecule has 4 heterocycles. The highest BCUT2D eigenvalue weighted by Gasteiger charge is 2.54. The molecule has 2 aromatic rings. The maximum absolute atomic E-state index is 13.3. The molecule has 3 aliphatic rings. The molecular formula is C21H21N7O6S4. The van der Waals surface area contributed by atoms with Gasteiger partial charge >= 0.3 is 5.97 Å². The smallest absolute Gasteiger partial charge is 0.352 e. The Morgan fingerprint density at radius 2 is 2.13 bits per heavy atom. The van der Waals surface area contributed by atoms with Gasteiger partial charge in [0, 0.05) is 16.9 Å². The van der Waals surface area contributed by atoms with E-state index >= 15 is 0 Å². The van der Waals surface area contributed by atoms with Crippen molar-refractivity contribution in [3.63, 3.8) is 0 Å². The Morgan fingerprint density at radius 1 is 1.32 bits per heavy atom. The summed E-state index contributed by atoms with van der Waals surface area (Å²) >= 11 is 5.20. The Labute approximate surface area is 232 Å². The molecule has 0 spiro atoms. The molecule has 1 aliphatic carbocycles. The number of hydrogen-bond donors (Lipinski definition) is 3. The van der Waals surface area contributed by atoms with Crippen molar-refractivity contribution >= 4 is 81.2 Å². The molecule has 2 fully saturated rings. The van der Waals surface area contributed by atoms with Gasteiger partial charge in [-0.2, -0.15) is 0 Å². The Morgan fingerprint density at radius 3 is 2.84 bits per heavy atom. The first-order valence-electron chi connectivity index (χ1n) is 11.5. The van der Waals surface area contributed by atoms with E-state index in [1.165, 1.54) is 39.8 Å². The second-order valence-electron chi connectivity index (χ2n) is 8.36. The molecule has 1 saturated heterocycles. The summed E-state index contributed by atoms with van der Waals surface area (Å²) in [7, 11) is 0. The molecule has 17 heteroatoms. The van der Waals surface area contributed by atoms with Gasteiger partial charge < -0.3 is 20.6 Å². The van der Waals surface area contributed by atoms with Gasteiger partial charge in [0.05, 0.1) is 0 Å². The normalized spacial score (nSPS) is 21.6. The van der Waals surface area contributed by atoms with E-state index in [4.69, 9.17) is 4.84 Å². The molecule has 38 heavy (non-hydrogen) atoms. The highest BCUT2D eigenvalue weighted by molar-refractivity contribution is 8.01. The number of nitrogens with zero attached hydrogens (tertiary/aromatic N) is 5. The number of oxime groups is 1. The van der Waals surface area contributed by atoms with E-state index in [9.17, 15) is 24.3 Å². The number of anilines is 1. The molecule has 0 aromatic carbocycles. The SMILES string of the molecule is O=CNc1nc(C(=NOC2CCCC2)C(=O)NC2C(=O)N3C(C(=O)O)=C(CSc4nncs4)CS[C@@H]23)cs1. The fourth-order valence-electron chi connectivity index (χ4n) is 4.20. The van der Waals surface area contributed by atoms with Crippen molar-refractivity contribution in [1.82, 2.24) is 25.4 Å². The second kappa shape index (κ2) is 11.8. The number of hydrogen-bond acceptors (Lipinski definition) is 13. The van der Waals surface area contributed by atoms with E-state index in [2.05, 4.69) is 31.0 Å². The minimum absolute atomic E-state index is 0.0659. The minimum atomic E-state index is -1.20. The Balaban J connectivity index is 1.31. The Bertz CT molecular complexity index is 1290. The molecule has 2 atom stereocenters. The first-order chi connectivity index (χ1) is 18.5. The molecule has 1 saturated carbocycles. The monoisotopic (exact) mass is 595 g/mol. The first-order valence-corrected chi connectivity index (χ1v) is 15.3. The topological polar surface area (TPSA) is 176 Å². The molecule has 200 valence electrons. The van der Waals surface area contributed by atoms with Gasteiger partial charge in [-0.1, -0.05) is 28.3 Å². The van der Waals surface area contributed by atoms with E-state index < -0.39 is 29.2 Å². The maximum atomic E-state index is 13.3. The number of carboxylic acids is 1. The van der Waals surface area contributed by atoms with Gasteiger partial charge in [-0.25, -0.2) is 9.78 Å². The number of aromatic nitrogens is 3. The van der Waals surface area contributed by atoms with Crippen LogP contribution in [0.3, 0.4) is 0 Å². The van der Waals surface area contributed by atoms with Gasteiger partial charge in [0.1, 0.15) is 34.4 Å². The van der Waals surface area contributed by atoms with E-state index in [1.54, 1.807) is 10.9 Å². The molecule has 3 N–H and O–H groups in total. The van der Waals surface area contributed by atoms with E-state index in [0.29, 0.717) is 27.8 Å². The standard InChI is InChI=1S/C21H21N7O6S4/c29-8-22-20-24-12(7-36-20)13(27-34-11-3-1-2-4-11)16(30)25-14-17(31)28-15(19(32)33)10(5-35-18(14)28)6-37-21-26-23-9-38-21/h7-9,11,14,18H,1-6H2,(H,25,30)(H,32,33)(H,22,24,29)/t14?,18-/m0/s1. The average Bonchev–Trinajstić information content (AvgIpc) is 3.69. The van der Waals surface area contributed by atoms with Crippen LogP contribution in [-0.4, -0.2) is 84.1 Å². The van der Waals surface area contributed by atoms with Gasteiger partial charge in [0.25, 0.3) is 11.8 Å². The van der Waals surface area contributed by atoms with Crippen LogP contribution < -0.4 is 10.6 Å². The minimum Gasteiger partial charge on any atom is -0.477 e. The third kappa shape index (κ3) is 5.55. The van der Waals surface area contributed by atoms with E-state index in [-0.39, 0.29) is 28.3 Å². The predicted molar refractivity (Wildman–Crippen MR) is 142 cm³/mol. The van der Waals surface area contributed by atoms with Crippen molar-refractivity contribution in [2.24, 2.45) is 5.16 Å². The van der Waals surface area contributed by atoms with Crippen LogP contribution in [0.15, 0.2) is 31.7 Å². The van der Waals surface area contributed by atoms with Crippen molar-refractivity contribution in [2.45, 2.75) is 47.5 Å². The summed E-state index contributed by atoms with van der Waals surface area (Å²) in [4.78, 5) is 60.3. The summed E-state index contributed by atoms with van der Waals surface area (Å²) in [5, 5.41) is 28.1. The number of amides is 3. The fraction of sp³-hybridized carbons (Fsp3) is 0.429. The third-order valence-corrected chi connectivity index (χ3v) is 10.0. The summed E-state index contributed by atoms with van der Waals surface area (Å²) in [5.41, 5.74) is 2.19. The number of carbonyl (C=O) groups excluding carboxylic acids is 3. The summed E-state index contributed by atoms with van der Waals surface area (Å²) in [6.45, 7) is 0. The van der Waals surface area contributed by atoms with Gasteiger partial charge in [0.2, 0.25) is 6.41 Å². The summed E-state index contributed by atoms with van der Waals surface area (Å²) in [6.07, 6.45) is 4.04. The van der Waals surface area contributed by atoms with Crippen molar-refractivity contribution in [3.8, 4) is 0 Å². The Kier molecular flexibility index (Phi) is 8.25. The van der Waals surface area contributed by atoms with Crippen LogP contribution in [0.25, 0.3) is 0 Å². The summed E-state index contributed by atoms with van der Waals surface area (Å²) < 4.78 is 0.703. The number of aliphatic carboxylic acids is 1. The van der Waals surface area contributed by atoms with E-state index in [1.807, 2.05) is 0 Å². The second-order valence-corrected chi connectivity index (χ2v) is 12.4. The molecule has 0 bridgehead atoms.